The number of β-amino-alcohol motifs (C(OH)–C–C–N with tert-alkyl or cyclic N) is 1. The molecule has 0 aromatic rings. The lowest BCUT2D eigenvalue weighted by atomic mass is 10.00. The third-order valence-corrected chi connectivity index (χ3v) is 2.74. The molecule has 3 atom stereocenters. The smallest absolute Gasteiger partial charge is 0.0668 e. The molecule has 1 aliphatic rings. The van der Waals surface area contributed by atoms with Crippen molar-refractivity contribution < 1.29 is 10.2 Å². The Labute approximate surface area is 74.0 Å². The summed E-state index contributed by atoms with van der Waals surface area (Å²) in [6.45, 7) is 5.03. The fourth-order valence-electron chi connectivity index (χ4n) is 1.83. The van der Waals surface area contributed by atoms with Gasteiger partial charge in [0.05, 0.1) is 12.7 Å². The fraction of sp³-hybridized carbons (Fsp3) is 1.00. The van der Waals surface area contributed by atoms with Gasteiger partial charge in [0.2, 0.25) is 0 Å². The molecular formula is C9H19NO2. The molecule has 0 spiro atoms. The van der Waals surface area contributed by atoms with Gasteiger partial charge in [0, 0.05) is 18.6 Å². The number of rotatable bonds is 2. The summed E-state index contributed by atoms with van der Waals surface area (Å²) in [4.78, 5) is 2.17. The van der Waals surface area contributed by atoms with E-state index in [1.807, 2.05) is 6.92 Å². The molecule has 0 aliphatic carbocycles. The number of hydrogen-bond donors (Lipinski definition) is 2. The molecule has 72 valence electrons. The SMILES string of the molecule is CC(CO)N1CC(O)CCC1C. The molecule has 0 bridgehead atoms. The minimum absolute atomic E-state index is 0.176. The molecule has 3 nitrogen and oxygen atoms in total. The lowest BCUT2D eigenvalue weighted by Gasteiger charge is -2.39. The first kappa shape index (κ1) is 9.96. The van der Waals surface area contributed by atoms with Crippen molar-refractivity contribution in [1.29, 1.82) is 0 Å². The molecular weight excluding hydrogens is 154 g/mol. The van der Waals surface area contributed by atoms with Gasteiger partial charge in [0.15, 0.2) is 0 Å². The van der Waals surface area contributed by atoms with Crippen LogP contribution < -0.4 is 0 Å². The van der Waals surface area contributed by atoms with Gasteiger partial charge < -0.3 is 10.2 Å². The lowest BCUT2D eigenvalue weighted by molar-refractivity contribution is 0.00431. The monoisotopic (exact) mass is 173 g/mol. The normalized spacial score (nSPS) is 35.0. The predicted octanol–water partition coefficient (Wildman–Crippen LogP) is 0.212. The van der Waals surface area contributed by atoms with E-state index in [1.165, 1.54) is 0 Å². The Bertz CT molecular complexity index is 136. The maximum atomic E-state index is 9.42. The van der Waals surface area contributed by atoms with Crippen molar-refractivity contribution in [3.8, 4) is 0 Å². The number of hydrogen-bond acceptors (Lipinski definition) is 3. The maximum Gasteiger partial charge on any atom is 0.0668 e. The first-order valence-corrected chi connectivity index (χ1v) is 4.69. The summed E-state index contributed by atoms with van der Waals surface area (Å²) >= 11 is 0. The minimum atomic E-state index is -0.199. The van der Waals surface area contributed by atoms with Crippen LogP contribution in [-0.2, 0) is 0 Å². The lowest BCUT2D eigenvalue weighted by Crippen LogP contribution is -2.49. The molecule has 0 amide bonds. The van der Waals surface area contributed by atoms with Crippen LogP contribution in [-0.4, -0.2) is 46.5 Å². The predicted molar refractivity (Wildman–Crippen MR) is 48.0 cm³/mol. The molecule has 0 saturated carbocycles. The largest absolute Gasteiger partial charge is 0.395 e. The van der Waals surface area contributed by atoms with Crippen LogP contribution in [0.1, 0.15) is 26.7 Å². The average molecular weight is 173 g/mol. The molecule has 3 unspecified atom stereocenters. The van der Waals surface area contributed by atoms with Gasteiger partial charge in [-0.1, -0.05) is 0 Å². The van der Waals surface area contributed by atoms with Crippen LogP contribution in [0, 0.1) is 0 Å². The standard InChI is InChI=1S/C9H19NO2/c1-7-3-4-9(12)5-10(7)8(2)6-11/h7-9,11-12H,3-6H2,1-2H3. The molecule has 0 aromatic carbocycles. The van der Waals surface area contributed by atoms with Crippen LogP contribution >= 0.6 is 0 Å². The molecule has 2 N–H and O–H groups in total. The van der Waals surface area contributed by atoms with Crippen molar-refractivity contribution in [2.45, 2.75) is 44.9 Å². The van der Waals surface area contributed by atoms with Crippen molar-refractivity contribution in [3.05, 3.63) is 0 Å². The third kappa shape index (κ3) is 2.19. The summed E-state index contributed by atoms with van der Waals surface area (Å²) in [6.07, 6.45) is 1.73. The number of likely N-dealkylation sites (tertiary alicyclic amines) is 1. The third-order valence-electron chi connectivity index (χ3n) is 2.74. The van der Waals surface area contributed by atoms with E-state index in [0.717, 1.165) is 12.8 Å². The average Bonchev–Trinajstić information content (AvgIpc) is 2.08. The van der Waals surface area contributed by atoms with Gasteiger partial charge in [0.25, 0.3) is 0 Å². The van der Waals surface area contributed by atoms with E-state index in [1.54, 1.807) is 0 Å². The van der Waals surface area contributed by atoms with E-state index in [9.17, 15) is 5.11 Å². The molecule has 12 heavy (non-hydrogen) atoms. The Morgan fingerprint density at radius 2 is 2.17 bits per heavy atom. The van der Waals surface area contributed by atoms with Crippen LogP contribution in [0.3, 0.4) is 0 Å². The Morgan fingerprint density at radius 1 is 1.50 bits per heavy atom. The second-order valence-corrected chi connectivity index (χ2v) is 3.81. The minimum Gasteiger partial charge on any atom is -0.395 e. The second kappa shape index (κ2) is 4.21. The number of aliphatic hydroxyl groups excluding tert-OH is 2. The Kier molecular flexibility index (Phi) is 3.50. The second-order valence-electron chi connectivity index (χ2n) is 3.81. The van der Waals surface area contributed by atoms with Crippen molar-refractivity contribution in [2.24, 2.45) is 0 Å². The number of nitrogens with zero attached hydrogens (tertiary/aromatic N) is 1. The van der Waals surface area contributed by atoms with Crippen molar-refractivity contribution in [1.82, 2.24) is 4.90 Å². The van der Waals surface area contributed by atoms with Gasteiger partial charge in [-0.3, -0.25) is 4.90 Å². The van der Waals surface area contributed by atoms with E-state index in [-0.39, 0.29) is 18.8 Å². The van der Waals surface area contributed by atoms with Crippen LogP contribution in [0.5, 0.6) is 0 Å². The molecule has 1 heterocycles. The highest BCUT2D eigenvalue weighted by atomic mass is 16.3. The number of aliphatic hydroxyl groups is 2. The fourth-order valence-corrected chi connectivity index (χ4v) is 1.83. The van der Waals surface area contributed by atoms with E-state index in [2.05, 4.69) is 11.8 Å². The van der Waals surface area contributed by atoms with Crippen LogP contribution in [0.25, 0.3) is 0 Å². The maximum absolute atomic E-state index is 9.42. The number of piperidine rings is 1. The molecule has 0 aromatic heterocycles. The zero-order valence-corrected chi connectivity index (χ0v) is 7.90. The Hall–Kier alpha value is -0.120. The molecule has 1 rings (SSSR count). The van der Waals surface area contributed by atoms with E-state index < -0.39 is 0 Å². The summed E-state index contributed by atoms with van der Waals surface area (Å²) in [5.74, 6) is 0. The van der Waals surface area contributed by atoms with E-state index in [0.29, 0.717) is 12.6 Å². The van der Waals surface area contributed by atoms with Crippen LogP contribution in [0.15, 0.2) is 0 Å². The van der Waals surface area contributed by atoms with Crippen molar-refractivity contribution in [2.75, 3.05) is 13.2 Å². The molecule has 3 heteroatoms. The summed E-state index contributed by atoms with van der Waals surface area (Å²) < 4.78 is 0. The summed E-state index contributed by atoms with van der Waals surface area (Å²) in [6, 6.07) is 0.672. The Morgan fingerprint density at radius 3 is 2.75 bits per heavy atom. The summed E-state index contributed by atoms with van der Waals surface area (Å²) in [5, 5.41) is 18.4. The van der Waals surface area contributed by atoms with Gasteiger partial charge in [-0.25, -0.2) is 0 Å². The molecule has 1 saturated heterocycles. The van der Waals surface area contributed by atoms with Gasteiger partial charge in [-0.15, -0.1) is 0 Å². The van der Waals surface area contributed by atoms with Gasteiger partial charge in [-0.05, 0) is 26.7 Å². The molecule has 0 radical (unpaired) electrons. The quantitative estimate of drug-likeness (QED) is 0.627. The zero-order chi connectivity index (χ0) is 9.14. The highest BCUT2D eigenvalue weighted by Gasteiger charge is 2.26. The van der Waals surface area contributed by atoms with Gasteiger partial charge >= 0.3 is 0 Å². The van der Waals surface area contributed by atoms with Gasteiger partial charge in [0.1, 0.15) is 0 Å². The summed E-state index contributed by atoms with van der Waals surface area (Å²) in [5.41, 5.74) is 0. The van der Waals surface area contributed by atoms with Crippen LogP contribution in [0.4, 0.5) is 0 Å². The van der Waals surface area contributed by atoms with Crippen molar-refractivity contribution in [3.63, 3.8) is 0 Å². The topological polar surface area (TPSA) is 43.7 Å². The first-order chi connectivity index (χ1) is 5.65. The van der Waals surface area contributed by atoms with Crippen molar-refractivity contribution >= 4 is 0 Å². The van der Waals surface area contributed by atoms with Crippen LogP contribution in [0.2, 0.25) is 0 Å². The Balaban J connectivity index is 2.48. The highest BCUT2D eigenvalue weighted by molar-refractivity contribution is 4.81. The zero-order valence-electron chi connectivity index (χ0n) is 7.90. The summed E-state index contributed by atoms with van der Waals surface area (Å²) in [7, 11) is 0. The van der Waals surface area contributed by atoms with Gasteiger partial charge in [-0.2, -0.15) is 0 Å². The first-order valence-electron chi connectivity index (χ1n) is 4.69. The van der Waals surface area contributed by atoms with E-state index >= 15 is 0 Å². The molecule has 1 aliphatic heterocycles. The molecule has 1 fully saturated rings. The van der Waals surface area contributed by atoms with E-state index in [4.69, 9.17) is 5.11 Å². The highest BCUT2D eigenvalue weighted by Crippen LogP contribution is 2.19.